The molecule has 0 bridgehead atoms. The van der Waals surface area contributed by atoms with E-state index in [1.807, 2.05) is 48.5 Å². The Balaban J connectivity index is 4.33. The lowest BCUT2D eigenvalue weighted by atomic mass is 9.93. The number of hydrogen-bond acceptors (Lipinski definition) is 14. The molecule has 1 aliphatic heterocycles. The first-order valence-corrected chi connectivity index (χ1v) is 33.1. The first-order chi connectivity index (χ1) is 41.0. The average molecular weight is 1270 g/mol. The molecule has 0 radical (unpaired) electrons. The molecule has 7 N–H and O–H groups in total. The molecule has 10 atom stereocenters. The summed E-state index contributed by atoms with van der Waals surface area (Å²) in [6, 6.07) is -10.4. The van der Waals surface area contributed by atoms with Crippen LogP contribution in [-0.4, -0.2) is 233 Å². The fourth-order valence-corrected chi connectivity index (χ4v) is 12.1. The van der Waals surface area contributed by atoms with Gasteiger partial charge in [0.1, 0.15) is 48.3 Å². The molecule has 2 unspecified atom stereocenters. The monoisotopic (exact) mass is 1260 g/mol. The number of amides is 12. The lowest BCUT2D eigenvalue weighted by Crippen LogP contribution is -2.62. The fraction of sp³-hybridized carbons (Fsp3) is 0.825. The summed E-state index contributed by atoms with van der Waals surface area (Å²) in [7, 11) is 9.87. The molecule has 1 saturated heterocycles. The van der Waals surface area contributed by atoms with Crippen molar-refractivity contribution in [3.8, 4) is 0 Å². The van der Waals surface area contributed by atoms with Gasteiger partial charge in [-0.25, -0.2) is 4.79 Å². The van der Waals surface area contributed by atoms with Crippen LogP contribution in [0.5, 0.6) is 0 Å². The lowest BCUT2D eigenvalue weighted by Gasteiger charge is -2.39. The molecule has 0 saturated carbocycles. The molecular weight excluding hydrogens is 1150 g/mol. The summed E-state index contributed by atoms with van der Waals surface area (Å²) in [5, 5.41) is 19.4. The maximum Gasteiger partial charge on any atom is 0.326 e. The molecule has 0 aromatic heterocycles. The lowest BCUT2D eigenvalue weighted by molar-refractivity contribution is -0.148. The van der Waals surface area contributed by atoms with Crippen molar-refractivity contribution in [2.75, 3.05) is 74.8 Å². The highest BCUT2D eigenvalue weighted by molar-refractivity contribution is 8.00. The number of carbonyl (C=O) groups excluding carboxylic acids is 11. The number of nitrogens with two attached hydrogens (primary N) is 1. The van der Waals surface area contributed by atoms with Crippen LogP contribution >= 0.6 is 11.8 Å². The Labute approximate surface area is 531 Å². The van der Waals surface area contributed by atoms with Crippen LogP contribution in [0, 0.1) is 35.5 Å². The second kappa shape index (κ2) is 39.5. The number of unbranched alkanes of at least 4 members (excludes halogenated alkanes) is 5. The standard InChI is InChI=1S/C63H116N12O12S/c1-21-45-57(82)74(19)62(88-32-28-24-27-31-76)61(86)72(17)47(34-39(4)5)56(81)68-51(41(8)9)59(84)70(15)46(33-38(2)3)54(79)66-44(13)53(78)65-37-50(77)69(14)49(35-40(6)7)58(83)75(20)63(87)73(18)52(42(10)11)60(85)71(16)48(55(80)67-45)36-43(12)29-25-22-23-26-30-64/h38-49,51-52,62,76H,21-37,64H2,1-20H3,(H,65,78)(H,66,79)(H,67,80)(H,68,81)/t43-,44-,45+,46-,47+,48?,49-,51-,52?,62-/m1/s1. The van der Waals surface area contributed by atoms with Gasteiger partial charge in [0.15, 0.2) is 5.37 Å². The highest BCUT2D eigenvalue weighted by atomic mass is 32.2. The van der Waals surface area contributed by atoms with Crippen LogP contribution in [0.2, 0.25) is 0 Å². The van der Waals surface area contributed by atoms with Crippen LogP contribution in [0.25, 0.3) is 0 Å². The zero-order chi connectivity index (χ0) is 67.6. The Morgan fingerprint density at radius 2 is 1.00 bits per heavy atom. The van der Waals surface area contributed by atoms with Crippen LogP contribution in [-0.2, 0) is 47.9 Å². The number of rotatable bonds is 23. The van der Waals surface area contributed by atoms with Crippen molar-refractivity contribution in [3.63, 3.8) is 0 Å². The molecule has 1 rings (SSSR count). The molecular formula is C63H116N12O12S. The third-order valence-electron chi connectivity index (χ3n) is 16.5. The first-order valence-electron chi connectivity index (χ1n) is 32.0. The number of hydrogen-bond donors (Lipinski definition) is 6. The van der Waals surface area contributed by atoms with E-state index in [-0.39, 0.29) is 62.4 Å². The summed E-state index contributed by atoms with van der Waals surface area (Å²) in [6.07, 6.45) is 6.63. The molecule has 506 valence electrons. The summed E-state index contributed by atoms with van der Waals surface area (Å²) in [5.74, 6) is -7.89. The molecule has 1 aliphatic rings. The van der Waals surface area contributed by atoms with Crippen molar-refractivity contribution in [2.45, 2.75) is 227 Å². The van der Waals surface area contributed by atoms with Crippen molar-refractivity contribution in [3.05, 3.63) is 0 Å². The van der Waals surface area contributed by atoms with E-state index in [0.717, 1.165) is 40.4 Å². The van der Waals surface area contributed by atoms with Gasteiger partial charge in [-0.05, 0) is 106 Å². The largest absolute Gasteiger partial charge is 0.396 e. The van der Waals surface area contributed by atoms with Crippen LogP contribution in [0.15, 0.2) is 0 Å². The number of nitrogens with zero attached hydrogens (tertiary/aromatic N) is 7. The normalized spacial score (nSPS) is 24.9. The molecule has 0 aromatic carbocycles. The van der Waals surface area contributed by atoms with E-state index >= 15 is 14.4 Å². The molecule has 0 aliphatic carbocycles. The zero-order valence-corrected chi connectivity index (χ0v) is 58.1. The van der Waals surface area contributed by atoms with E-state index in [2.05, 4.69) is 21.3 Å². The van der Waals surface area contributed by atoms with E-state index in [0.29, 0.717) is 38.0 Å². The van der Waals surface area contributed by atoms with Crippen molar-refractivity contribution in [2.24, 2.45) is 41.2 Å². The molecule has 0 aromatic rings. The molecule has 1 fully saturated rings. The number of aliphatic hydroxyl groups is 1. The van der Waals surface area contributed by atoms with Crippen LogP contribution < -0.4 is 27.0 Å². The van der Waals surface area contributed by atoms with Crippen molar-refractivity contribution in [1.29, 1.82) is 0 Å². The number of aliphatic hydroxyl groups excluding tert-OH is 1. The van der Waals surface area contributed by atoms with Crippen LogP contribution in [0.3, 0.4) is 0 Å². The van der Waals surface area contributed by atoms with E-state index in [1.54, 1.807) is 34.6 Å². The quantitative estimate of drug-likeness (QED) is 0.0780. The number of urea groups is 1. The number of nitrogens with one attached hydrogen (secondary N) is 4. The number of carbonyl (C=O) groups is 11. The smallest absolute Gasteiger partial charge is 0.326 e. The second-order valence-electron chi connectivity index (χ2n) is 26.2. The van der Waals surface area contributed by atoms with Crippen LogP contribution in [0.4, 0.5) is 4.79 Å². The topological polar surface area (TPSA) is 305 Å². The van der Waals surface area contributed by atoms with Crippen molar-refractivity contribution < 1.29 is 57.8 Å². The van der Waals surface area contributed by atoms with E-state index < -0.39 is 137 Å². The van der Waals surface area contributed by atoms with Gasteiger partial charge in [0, 0.05) is 55.9 Å². The van der Waals surface area contributed by atoms with E-state index in [9.17, 15) is 43.5 Å². The highest BCUT2D eigenvalue weighted by Crippen LogP contribution is 2.27. The molecule has 1 heterocycles. The van der Waals surface area contributed by atoms with E-state index in [4.69, 9.17) is 5.73 Å². The van der Waals surface area contributed by atoms with Gasteiger partial charge < -0.3 is 61.5 Å². The summed E-state index contributed by atoms with van der Waals surface area (Å²) < 4.78 is 0. The Morgan fingerprint density at radius 1 is 0.511 bits per heavy atom. The first kappa shape index (κ1) is 80.5. The van der Waals surface area contributed by atoms with Crippen LogP contribution in [0.1, 0.15) is 173 Å². The Hall–Kier alpha value is -5.56. The third kappa shape index (κ3) is 24.7. The zero-order valence-electron chi connectivity index (χ0n) is 57.2. The Bertz CT molecular complexity index is 2290. The SMILES string of the molecule is CC[C@@H]1NC(=O)C(C[C@H](C)CCCCCCN)N(C)C(=O)C(C(C)C)N(C)C(=O)N(C)C(=O)[C@@H](CC(C)C)N(C)C(=O)CNC(=O)[C@@H](C)NC(=O)[C@@H](CC(C)C)N(C)C(=O)[C@@H](C(C)C)NC(=O)[C@H](CC(C)C)N(C)C(=O)[C@@H](SCCCCCO)N(C)C1=O. The average Bonchev–Trinajstić information content (AvgIpc) is 1.00. The summed E-state index contributed by atoms with van der Waals surface area (Å²) in [6.45, 7) is 23.1. The molecule has 88 heavy (non-hydrogen) atoms. The maximum absolute atomic E-state index is 15.2. The third-order valence-corrected chi connectivity index (χ3v) is 17.8. The van der Waals surface area contributed by atoms with Gasteiger partial charge in [-0.3, -0.25) is 52.8 Å². The highest BCUT2D eigenvalue weighted by Gasteiger charge is 2.44. The van der Waals surface area contributed by atoms with Gasteiger partial charge in [0.25, 0.3) is 11.8 Å². The minimum Gasteiger partial charge on any atom is -0.396 e. The van der Waals surface area contributed by atoms with Gasteiger partial charge in [-0.15, -0.1) is 11.8 Å². The number of thioether (sulfide) groups is 1. The number of imide groups is 1. The maximum atomic E-state index is 15.2. The van der Waals surface area contributed by atoms with Crippen molar-refractivity contribution >= 4 is 76.9 Å². The summed E-state index contributed by atoms with van der Waals surface area (Å²) in [4.78, 5) is 169. The summed E-state index contributed by atoms with van der Waals surface area (Å²) >= 11 is 1.17. The summed E-state index contributed by atoms with van der Waals surface area (Å²) in [5.41, 5.74) is 5.76. The Morgan fingerprint density at radius 3 is 1.51 bits per heavy atom. The van der Waals surface area contributed by atoms with Gasteiger partial charge in [0.2, 0.25) is 47.3 Å². The predicted molar refractivity (Wildman–Crippen MR) is 345 cm³/mol. The van der Waals surface area contributed by atoms with E-state index in [1.165, 1.54) is 87.6 Å². The minimum atomic E-state index is -1.23. The van der Waals surface area contributed by atoms with Gasteiger partial charge in [-0.2, -0.15) is 0 Å². The second-order valence-corrected chi connectivity index (χ2v) is 27.4. The predicted octanol–water partition coefficient (Wildman–Crippen LogP) is 4.25. The molecule has 12 amide bonds. The minimum absolute atomic E-state index is 0.0289. The van der Waals surface area contributed by atoms with Gasteiger partial charge in [0.05, 0.1) is 6.54 Å². The van der Waals surface area contributed by atoms with Crippen molar-refractivity contribution in [1.82, 2.24) is 55.6 Å². The van der Waals surface area contributed by atoms with Gasteiger partial charge in [-0.1, -0.05) is 115 Å². The number of likely N-dealkylation sites (N-methyl/N-ethyl adjacent to an activating group) is 7. The Kier molecular flexibility index (Phi) is 36.2. The van der Waals surface area contributed by atoms with Gasteiger partial charge >= 0.3 is 6.03 Å². The molecule has 0 spiro atoms. The molecule has 24 nitrogen and oxygen atoms in total. The molecule has 25 heteroatoms. The fourth-order valence-electron chi connectivity index (χ4n) is 10.9.